The van der Waals surface area contributed by atoms with Crippen LogP contribution in [0.3, 0.4) is 0 Å². The quantitative estimate of drug-likeness (QED) is 0.204. The zero-order chi connectivity index (χ0) is 32.3. The van der Waals surface area contributed by atoms with Crippen LogP contribution < -0.4 is 10.6 Å². The monoisotopic (exact) mass is 629 g/mol. The summed E-state index contributed by atoms with van der Waals surface area (Å²) in [6, 6.07) is 58.0. The Morgan fingerprint density at radius 2 is 1.18 bits per heavy atom. The van der Waals surface area contributed by atoms with Crippen LogP contribution in [-0.2, 0) is 0 Å². The van der Waals surface area contributed by atoms with Gasteiger partial charge in [-0.25, -0.2) is 4.99 Å². The Balaban J connectivity index is 1.22. The van der Waals surface area contributed by atoms with Gasteiger partial charge in [-0.3, -0.25) is 5.32 Å². The van der Waals surface area contributed by atoms with E-state index in [1.807, 2.05) is 0 Å². The van der Waals surface area contributed by atoms with E-state index in [1.54, 1.807) is 0 Å². The van der Waals surface area contributed by atoms with Gasteiger partial charge in [-0.1, -0.05) is 146 Å². The van der Waals surface area contributed by atoms with Crippen molar-refractivity contribution in [1.82, 2.24) is 10.6 Å². The van der Waals surface area contributed by atoms with Crippen molar-refractivity contribution in [2.75, 3.05) is 0 Å². The third-order valence-electron chi connectivity index (χ3n) is 9.92. The molecule has 0 spiro atoms. The molecule has 0 fully saturated rings. The van der Waals surface area contributed by atoms with E-state index in [0.717, 1.165) is 55.4 Å². The number of benzene rings is 8. The molecule has 4 nitrogen and oxygen atoms in total. The molecule has 49 heavy (non-hydrogen) atoms. The maximum absolute atomic E-state index is 6.81. The van der Waals surface area contributed by atoms with Crippen LogP contribution in [0.15, 0.2) is 173 Å². The number of furan rings is 1. The molecule has 2 heterocycles. The fourth-order valence-corrected chi connectivity index (χ4v) is 7.53. The minimum atomic E-state index is -0.355. The summed E-state index contributed by atoms with van der Waals surface area (Å²) in [6.07, 6.45) is -0.552. The van der Waals surface area contributed by atoms with Gasteiger partial charge in [0, 0.05) is 27.5 Å². The lowest BCUT2D eigenvalue weighted by atomic mass is 9.95. The third kappa shape index (κ3) is 4.68. The van der Waals surface area contributed by atoms with Gasteiger partial charge in [-0.05, 0) is 61.6 Å². The lowest BCUT2D eigenvalue weighted by Gasteiger charge is -2.33. The van der Waals surface area contributed by atoms with E-state index in [2.05, 4.69) is 174 Å². The average Bonchev–Trinajstić information content (AvgIpc) is 3.54. The zero-order valence-corrected chi connectivity index (χ0v) is 26.6. The van der Waals surface area contributed by atoms with Crippen molar-refractivity contribution in [1.29, 1.82) is 0 Å². The van der Waals surface area contributed by atoms with Gasteiger partial charge in [0.25, 0.3) is 0 Å². The van der Waals surface area contributed by atoms with E-state index in [1.165, 1.54) is 32.5 Å². The normalized spacial score (nSPS) is 16.4. The van der Waals surface area contributed by atoms with E-state index in [9.17, 15) is 0 Å². The maximum atomic E-state index is 6.81. The number of rotatable bonds is 4. The van der Waals surface area contributed by atoms with Gasteiger partial charge in [0.2, 0.25) is 0 Å². The van der Waals surface area contributed by atoms with Crippen molar-refractivity contribution in [3.63, 3.8) is 0 Å². The molecule has 0 saturated heterocycles. The Morgan fingerprint density at radius 1 is 0.490 bits per heavy atom. The smallest absolute Gasteiger partial charge is 0.143 e. The van der Waals surface area contributed by atoms with E-state index in [4.69, 9.17) is 9.41 Å². The van der Waals surface area contributed by atoms with Crippen LogP contribution in [0.1, 0.15) is 29.0 Å². The average molecular weight is 630 g/mol. The maximum Gasteiger partial charge on any atom is 0.143 e. The Labute approximate surface area is 283 Å². The van der Waals surface area contributed by atoms with Crippen LogP contribution in [0.4, 0.5) is 0 Å². The van der Waals surface area contributed by atoms with E-state index < -0.39 is 0 Å². The Kier molecular flexibility index (Phi) is 6.36. The molecule has 0 aliphatic carbocycles. The lowest BCUT2D eigenvalue weighted by molar-refractivity contribution is 0.412. The SMILES string of the molecule is c1ccc(-c2ccc(C3N=C(c4ccc5ccccc5c4)NC(c4cccc5ccccc45)N3)c3c2oc2cc4ccccc4cc23)cc1. The molecule has 1 aliphatic heterocycles. The molecule has 0 saturated carbocycles. The number of hydrogen-bond acceptors (Lipinski definition) is 4. The van der Waals surface area contributed by atoms with Crippen molar-refractivity contribution >= 4 is 60.1 Å². The van der Waals surface area contributed by atoms with Crippen molar-refractivity contribution < 1.29 is 4.42 Å². The fourth-order valence-electron chi connectivity index (χ4n) is 7.53. The van der Waals surface area contributed by atoms with Gasteiger partial charge < -0.3 is 9.73 Å². The summed E-state index contributed by atoms with van der Waals surface area (Å²) in [5, 5.41) is 17.0. The zero-order valence-electron chi connectivity index (χ0n) is 26.6. The van der Waals surface area contributed by atoms with Gasteiger partial charge in [0.05, 0.1) is 0 Å². The van der Waals surface area contributed by atoms with Gasteiger partial charge in [0.1, 0.15) is 29.3 Å². The molecule has 2 N–H and O–H groups in total. The standard InChI is InChI=1S/C45H31N3O/c1-2-12-30(13-3-1)36-23-24-38(41-39-26-32-16-6-7-17-33(32)27-40(39)49-42(36)41)45-47-43(34-22-21-28-11-4-5-15-31(28)25-34)46-44(48-45)37-20-10-18-29-14-8-9-19-35(29)37/h1-27,44-45,48H,(H,46,47). The Hall–Kier alpha value is -6.23. The van der Waals surface area contributed by atoms with Gasteiger partial charge in [-0.2, -0.15) is 0 Å². The van der Waals surface area contributed by atoms with Crippen LogP contribution >= 0.6 is 0 Å². The van der Waals surface area contributed by atoms with E-state index in [0.29, 0.717) is 0 Å². The molecule has 2 atom stereocenters. The topological polar surface area (TPSA) is 49.6 Å². The predicted octanol–water partition coefficient (Wildman–Crippen LogP) is 11.0. The van der Waals surface area contributed by atoms with Crippen LogP contribution in [0.2, 0.25) is 0 Å². The lowest BCUT2D eigenvalue weighted by Crippen LogP contribution is -2.45. The highest BCUT2D eigenvalue weighted by atomic mass is 16.3. The number of fused-ring (bicyclic) bond motifs is 6. The molecule has 0 bridgehead atoms. The van der Waals surface area contributed by atoms with Crippen LogP contribution in [0.25, 0.3) is 65.4 Å². The largest absolute Gasteiger partial charge is 0.455 e. The second-order valence-corrected chi connectivity index (χ2v) is 12.8. The summed E-state index contributed by atoms with van der Waals surface area (Å²) in [6.45, 7) is 0. The van der Waals surface area contributed by atoms with Crippen molar-refractivity contribution in [2.24, 2.45) is 4.99 Å². The first kappa shape index (κ1) is 27.8. The third-order valence-corrected chi connectivity index (χ3v) is 9.92. The predicted molar refractivity (Wildman–Crippen MR) is 203 cm³/mol. The summed E-state index contributed by atoms with van der Waals surface area (Å²) in [5.74, 6) is 0.853. The number of hydrogen-bond donors (Lipinski definition) is 2. The number of nitrogens with zero attached hydrogens (tertiary/aromatic N) is 1. The van der Waals surface area contributed by atoms with Crippen molar-refractivity contribution in [3.05, 3.63) is 180 Å². The summed E-state index contributed by atoms with van der Waals surface area (Å²) in [7, 11) is 0. The van der Waals surface area contributed by atoms with E-state index >= 15 is 0 Å². The summed E-state index contributed by atoms with van der Waals surface area (Å²) in [4.78, 5) is 5.44. The second-order valence-electron chi connectivity index (χ2n) is 12.8. The Morgan fingerprint density at radius 3 is 2.02 bits per heavy atom. The van der Waals surface area contributed by atoms with Gasteiger partial charge >= 0.3 is 0 Å². The highest BCUT2D eigenvalue weighted by Crippen LogP contribution is 2.42. The van der Waals surface area contributed by atoms with Crippen LogP contribution in [-0.4, -0.2) is 5.84 Å². The first-order chi connectivity index (χ1) is 24.3. The van der Waals surface area contributed by atoms with Crippen molar-refractivity contribution in [2.45, 2.75) is 12.3 Å². The second kappa shape index (κ2) is 11.2. The fraction of sp³-hybridized carbons (Fsp3) is 0.0444. The highest BCUT2D eigenvalue weighted by molar-refractivity contribution is 6.15. The first-order valence-corrected chi connectivity index (χ1v) is 16.8. The molecule has 1 aliphatic rings. The molecular weight excluding hydrogens is 599 g/mol. The minimum Gasteiger partial charge on any atom is -0.455 e. The molecule has 9 aromatic rings. The van der Waals surface area contributed by atoms with Gasteiger partial charge in [-0.15, -0.1) is 0 Å². The molecule has 232 valence electrons. The minimum absolute atomic E-state index is 0.196. The molecule has 0 radical (unpaired) electrons. The molecule has 8 aromatic carbocycles. The van der Waals surface area contributed by atoms with E-state index in [-0.39, 0.29) is 12.3 Å². The molecule has 4 heteroatoms. The number of aliphatic imine (C=N–C) groups is 1. The number of amidine groups is 1. The molecular formula is C45H31N3O. The highest BCUT2D eigenvalue weighted by Gasteiger charge is 2.29. The number of nitrogens with one attached hydrogen (secondary N) is 2. The summed E-state index contributed by atoms with van der Waals surface area (Å²) >= 11 is 0. The van der Waals surface area contributed by atoms with Gasteiger partial charge in [0.15, 0.2) is 0 Å². The first-order valence-electron chi connectivity index (χ1n) is 16.8. The molecule has 0 amide bonds. The van der Waals surface area contributed by atoms with Crippen LogP contribution in [0.5, 0.6) is 0 Å². The Bertz CT molecular complexity index is 2740. The molecule has 2 unspecified atom stereocenters. The van der Waals surface area contributed by atoms with Crippen molar-refractivity contribution in [3.8, 4) is 11.1 Å². The van der Waals surface area contributed by atoms with Crippen LogP contribution in [0, 0.1) is 0 Å². The molecule has 1 aromatic heterocycles. The summed E-state index contributed by atoms with van der Waals surface area (Å²) < 4.78 is 6.81. The molecule has 10 rings (SSSR count). The summed E-state index contributed by atoms with van der Waals surface area (Å²) in [5.41, 5.74) is 7.24.